The standard InChI is InChI=1S/C68H132O17P2/c1-6-9-12-15-18-21-22-23-24-25-26-27-28-29-30-31-32-33-34-37-44-49-54-68(73)85-64(58-79-66(71)52-47-42-39-38-40-45-50-61(4)5)60-83-87(76,77)81-56-62(69)55-80-86(74,75)82-59-63(84-67(72)53-48-43-36-20-17-14-11-8-3)57-78-65(70)51-46-41-35-19-16-13-10-7-2/h61-64,69H,6-60H2,1-5H3,(H,74,75)(H,76,77)/t62-,63+,64+/m0/s1. The minimum atomic E-state index is -4.95. The van der Waals surface area contributed by atoms with E-state index in [0.29, 0.717) is 31.6 Å². The number of carbonyl (C=O) groups excluding carboxylic acids is 4. The Morgan fingerprint density at radius 2 is 0.529 bits per heavy atom. The summed E-state index contributed by atoms with van der Waals surface area (Å²) in [7, 11) is -9.88. The number of aliphatic hydroxyl groups is 1. The van der Waals surface area contributed by atoms with Crippen molar-refractivity contribution in [3.63, 3.8) is 0 Å². The second-order valence-corrected chi connectivity index (χ2v) is 27.9. The fraction of sp³-hybridized carbons (Fsp3) is 0.941. The summed E-state index contributed by atoms with van der Waals surface area (Å²) >= 11 is 0. The fourth-order valence-corrected chi connectivity index (χ4v) is 11.9. The van der Waals surface area contributed by atoms with Crippen molar-refractivity contribution in [1.82, 2.24) is 0 Å². The van der Waals surface area contributed by atoms with E-state index in [1.807, 2.05) is 0 Å². The first-order valence-electron chi connectivity index (χ1n) is 35.6. The summed E-state index contributed by atoms with van der Waals surface area (Å²) in [4.78, 5) is 72.1. The van der Waals surface area contributed by atoms with E-state index in [0.717, 1.165) is 109 Å². The van der Waals surface area contributed by atoms with Crippen LogP contribution in [0.25, 0.3) is 0 Å². The number of phosphoric acid groups is 2. The Balaban J connectivity index is 5.06. The minimum Gasteiger partial charge on any atom is -0.462 e. The Hall–Kier alpha value is -1.94. The van der Waals surface area contributed by atoms with Gasteiger partial charge in [0.25, 0.3) is 0 Å². The lowest BCUT2D eigenvalue weighted by Crippen LogP contribution is -2.30. The molecule has 0 aliphatic heterocycles. The van der Waals surface area contributed by atoms with Crippen LogP contribution in [0, 0.1) is 5.92 Å². The van der Waals surface area contributed by atoms with Crippen molar-refractivity contribution >= 4 is 39.5 Å². The molecule has 0 amide bonds. The lowest BCUT2D eigenvalue weighted by molar-refractivity contribution is -0.161. The first kappa shape index (κ1) is 85.1. The van der Waals surface area contributed by atoms with Gasteiger partial charge in [-0.2, -0.15) is 0 Å². The maximum atomic E-state index is 13.0. The van der Waals surface area contributed by atoms with E-state index in [1.54, 1.807) is 0 Å². The molecule has 0 radical (unpaired) electrons. The van der Waals surface area contributed by atoms with Gasteiger partial charge in [-0.1, -0.05) is 298 Å². The van der Waals surface area contributed by atoms with Gasteiger partial charge >= 0.3 is 39.5 Å². The number of aliphatic hydroxyl groups excluding tert-OH is 1. The number of ether oxygens (including phenoxy) is 4. The third-order valence-electron chi connectivity index (χ3n) is 15.8. The average Bonchev–Trinajstić information content (AvgIpc) is 3.69. The molecule has 2 unspecified atom stereocenters. The largest absolute Gasteiger partial charge is 0.472 e. The van der Waals surface area contributed by atoms with Crippen molar-refractivity contribution in [3.8, 4) is 0 Å². The molecule has 3 N–H and O–H groups in total. The summed E-state index contributed by atoms with van der Waals surface area (Å²) in [5.41, 5.74) is 0. The van der Waals surface area contributed by atoms with E-state index in [-0.39, 0.29) is 25.7 Å². The van der Waals surface area contributed by atoms with Gasteiger partial charge in [-0.3, -0.25) is 37.3 Å². The van der Waals surface area contributed by atoms with Gasteiger partial charge in [-0.25, -0.2) is 9.13 Å². The summed E-state index contributed by atoms with van der Waals surface area (Å²) in [5, 5.41) is 10.5. The lowest BCUT2D eigenvalue weighted by Gasteiger charge is -2.21. The predicted molar refractivity (Wildman–Crippen MR) is 349 cm³/mol. The van der Waals surface area contributed by atoms with Gasteiger partial charge in [0, 0.05) is 25.7 Å². The van der Waals surface area contributed by atoms with Crippen LogP contribution in [0.2, 0.25) is 0 Å². The maximum Gasteiger partial charge on any atom is 0.472 e. The molecule has 0 aromatic carbocycles. The first-order chi connectivity index (χ1) is 42.0. The monoisotopic (exact) mass is 1280 g/mol. The molecule has 5 atom stereocenters. The highest BCUT2D eigenvalue weighted by atomic mass is 31.2. The molecule has 0 rings (SSSR count). The summed E-state index contributed by atoms with van der Waals surface area (Å²) < 4.78 is 67.9. The van der Waals surface area contributed by atoms with E-state index < -0.39 is 97.5 Å². The normalized spacial score (nSPS) is 14.1. The van der Waals surface area contributed by atoms with Crippen LogP contribution >= 0.6 is 15.6 Å². The van der Waals surface area contributed by atoms with Crippen molar-refractivity contribution in [2.24, 2.45) is 5.92 Å². The molecule has 0 fully saturated rings. The van der Waals surface area contributed by atoms with Crippen LogP contribution in [0.4, 0.5) is 0 Å². The number of hydrogen-bond acceptors (Lipinski definition) is 15. The van der Waals surface area contributed by atoms with Crippen LogP contribution in [-0.2, 0) is 65.4 Å². The number of hydrogen-bond donors (Lipinski definition) is 3. The van der Waals surface area contributed by atoms with Gasteiger partial charge in [-0.15, -0.1) is 0 Å². The molecule has 0 spiro atoms. The topological polar surface area (TPSA) is 237 Å². The van der Waals surface area contributed by atoms with Crippen molar-refractivity contribution in [2.45, 2.75) is 368 Å². The zero-order valence-corrected chi connectivity index (χ0v) is 57.9. The van der Waals surface area contributed by atoms with Gasteiger partial charge < -0.3 is 33.8 Å². The zero-order chi connectivity index (χ0) is 64.2. The highest BCUT2D eigenvalue weighted by Crippen LogP contribution is 2.45. The van der Waals surface area contributed by atoms with E-state index in [9.17, 15) is 43.2 Å². The van der Waals surface area contributed by atoms with Crippen molar-refractivity contribution in [3.05, 3.63) is 0 Å². The molecule has 0 saturated heterocycles. The molecule has 0 aromatic rings. The van der Waals surface area contributed by atoms with Gasteiger partial charge in [0.05, 0.1) is 26.4 Å². The van der Waals surface area contributed by atoms with Crippen LogP contribution < -0.4 is 0 Å². The summed E-state index contributed by atoms with van der Waals surface area (Å²) in [6.07, 6.45) is 47.8. The van der Waals surface area contributed by atoms with E-state index in [1.165, 1.54) is 154 Å². The van der Waals surface area contributed by atoms with Crippen LogP contribution in [-0.4, -0.2) is 96.7 Å². The average molecular weight is 1280 g/mol. The highest BCUT2D eigenvalue weighted by molar-refractivity contribution is 7.47. The minimum absolute atomic E-state index is 0.105. The van der Waals surface area contributed by atoms with Gasteiger partial charge in [0.1, 0.15) is 19.3 Å². The van der Waals surface area contributed by atoms with Crippen LogP contribution in [0.15, 0.2) is 0 Å². The van der Waals surface area contributed by atoms with Crippen LogP contribution in [0.3, 0.4) is 0 Å². The molecule has 0 heterocycles. The van der Waals surface area contributed by atoms with Crippen molar-refractivity contribution in [1.29, 1.82) is 0 Å². The van der Waals surface area contributed by atoms with Crippen LogP contribution in [0.1, 0.15) is 349 Å². The molecule has 0 saturated carbocycles. The van der Waals surface area contributed by atoms with Gasteiger partial charge in [0.15, 0.2) is 12.2 Å². The van der Waals surface area contributed by atoms with Crippen LogP contribution in [0.5, 0.6) is 0 Å². The molecule has 19 heteroatoms. The number of esters is 4. The lowest BCUT2D eigenvalue weighted by atomic mass is 10.0. The predicted octanol–water partition coefficient (Wildman–Crippen LogP) is 19.4. The summed E-state index contributed by atoms with van der Waals surface area (Å²) in [5.74, 6) is -1.46. The second kappa shape index (κ2) is 61.6. The molecule has 0 aliphatic carbocycles. The Bertz CT molecular complexity index is 1690. The molecule has 0 aromatic heterocycles. The van der Waals surface area contributed by atoms with Crippen molar-refractivity contribution in [2.75, 3.05) is 39.6 Å². The summed E-state index contributed by atoms with van der Waals surface area (Å²) in [6.45, 7) is 7.08. The Morgan fingerprint density at radius 3 is 0.782 bits per heavy atom. The smallest absolute Gasteiger partial charge is 0.462 e. The van der Waals surface area contributed by atoms with Crippen molar-refractivity contribution < 1.29 is 80.2 Å². The Morgan fingerprint density at radius 1 is 0.310 bits per heavy atom. The third kappa shape index (κ3) is 62.6. The molecule has 516 valence electrons. The number of phosphoric ester groups is 2. The molecule has 17 nitrogen and oxygen atoms in total. The maximum absolute atomic E-state index is 13.0. The highest BCUT2D eigenvalue weighted by Gasteiger charge is 2.30. The van der Waals surface area contributed by atoms with E-state index in [4.69, 9.17) is 37.0 Å². The third-order valence-corrected chi connectivity index (χ3v) is 17.7. The molecule has 0 aliphatic rings. The van der Waals surface area contributed by atoms with E-state index >= 15 is 0 Å². The second-order valence-electron chi connectivity index (χ2n) is 25.0. The first-order valence-corrected chi connectivity index (χ1v) is 38.6. The number of unbranched alkanes of at least 4 members (excludes halogenated alkanes) is 40. The number of carbonyl (C=O) groups is 4. The summed E-state index contributed by atoms with van der Waals surface area (Å²) in [6, 6.07) is 0. The van der Waals surface area contributed by atoms with E-state index in [2.05, 4.69) is 34.6 Å². The molecule has 0 bridgehead atoms. The Kier molecular flexibility index (Phi) is 60.2. The fourth-order valence-electron chi connectivity index (χ4n) is 10.3. The molecule has 87 heavy (non-hydrogen) atoms. The molecular formula is C68H132O17P2. The van der Waals surface area contributed by atoms with Gasteiger partial charge in [0.2, 0.25) is 0 Å². The Labute approximate surface area is 530 Å². The zero-order valence-electron chi connectivity index (χ0n) is 56.2. The van der Waals surface area contributed by atoms with Gasteiger partial charge in [-0.05, 0) is 31.6 Å². The SMILES string of the molecule is CCCCCCCCCCCCCCCCCCCCCCCCC(=O)O[C@H](COC(=O)CCCCCCCCC(C)C)COP(=O)(O)OC[C@@H](O)COP(=O)(O)OC[C@@H](COC(=O)CCCCCCCCCC)OC(=O)CCCCCCCCCC. The molecular weight excluding hydrogens is 1150 g/mol. The quantitative estimate of drug-likeness (QED) is 0.0222. The number of rotatable bonds is 68.